The molecule has 3 heteroatoms. The monoisotopic (exact) mass is 302 g/mol. The maximum absolute atomic E-state index is 4.25. The molecular weight excluding hydrogens is 264 g/mol. The van der Waals surface area contributed by atoms with E-state index in [1.165, 1.54) is 71.1 Å². The van der Waals surface area contributed by atoms with E-state index in [1.54, 1.807) is 0 Å². The number of nitrogens with zero attached hydrogens (tertiary/aromatic N) is 2. The number of unbranched alkanes of at least 4 members (excludes halogenated alkanes) is 6. The molecule has 0 saturated carbocycles. The summed E-state index contributed by atoms with van der Waals surface area (Å²) >= 11 is 4.25. The zero-order chi connectivity index (χ0) is 15.2. The van der Waals surface area contributed by atoms with Gasteiger partial charge in [0.25, 0.3) is 0 Å². The van der Waals surface area contributed by atoms with Crippen LogP contribution < -0.4 is 0 Å². The Morgan fingerprint density at radius 3 is 1.80 bits per heavy atom. The average Bonchev–Trinajstić information content (AvgIpc) is 2.38. The third kappa shape index (κ3) is 14.7. The van der Waals surface area contributed by atoms with Gasteiger partial charge in [-0.1, -0.05) is 46.0 Å². The molecule has 0 aliphatic carbocycles. The van der Waals surface area contributed by atoms with Crippen molar-refractivity contribution >= 4 is 12.6 Å². The van der Waals surface area contributed by atoms with Gasteiger partial charge in [0.1, 0.15) is 0 Å². The molecule has 0 radical (unpaired) electrons. The largest absolute Gasteiger partial charge is 0.308 e. The number of rotatable bonds is 14. The van der Waals surface area contributed by atoms with Crippen molar-refractivity contribution in [2.75, 3.05) is 46.0 Å². The molecule has 0 atom stereocenters. The van der Waals surface area contributed by atoms with Crippen molar-refractivity contribution in [2.24, 2.45) is 5.92 Å². The zero-order valence-electron chi connectivity index (χ0n) is 14.4. The first-order valence-electron chi connectivity index (χ1n) is 8.54. The number of hydrogen-bond acceptors (Lipinski definition) is 3. The van der Waals surface area contributed by atoms with Crippen LogP contribution >= 0.6 is 12.6 Å². The molecule has 0 aromatic heterocycles. The van der Waals surface area contributed by atoms with Crippen molar-refractivity contribution in [3.05, 3.63) is 0 Å². The summed E-state index contributed by atoms with van der Waals surface area (Å²) in [5.74, 6) is 1.83. The van der Waals surface area contributed by atoms with Crippen LogP contribution in [-0.2, 0) is 0 Å². The fourth-order valence-corrected chi connectivity index (χ4v) is 2.71. The van der Waals surface area contributed by atoms with Crippen LogP contribution in [0.15, 0.2) is 0 Å². The minimum atomic E-state index is 0.776. The molecule has 20 heavy (non-hydrogen) atoms. The zero-order valence-corrected chi connectivity index (χ0v) is 15.3. The van der Waals surface area contributed by atoms with E-state index < -0.39 is 0 Å². The van der Waals surface area contributed by atoms with E-state index in [0.717, 1.165) is 11.7 Å². The Bertz CT molecular complexity index is 195. The van der Waals surface area contributed by atoms with Gasteiger partial charge in [-0.3, -0.25) is 0 Å². The minimum absolute atomic E-state index is 0.776. The molecule has 0 saturated heterocycles. The Labute approximate surface area is 133 Å². The summed E-state index contributed by atoms with van der Waals surface area (Å²) < 4.78 is 0. The van der Waals surface area contributed by atoms with Crippen LogP contribution in [0.2, 0.25) is 0 Å². The Morgan fingerprint density at radius 1 is 0.750 bits per heavy atom. The highest BCUT2D eigenvalue weighted by atomic mass is 32.1. The molecule has 0 unspecified atom stereocenters. The molecule has 0 heterocycles. The summed E-state index contributed by atoms with van der Waals surface area (Å²) in [4.78, 5) is 4.93. The Morgan fingerprint density at radius 2 is 1.30 bits per heavy atom. The lowest BCUT2D eigenvalue weighted by Crippen LogP contribution is -2.35. The van der Waals surface area contributed by atoms with Crippen LogP contribution in [-0.4, -0.2) is 55.8 Å². The van der Waals surface area contributed by atoms with Gasteiger partial charge in [0.2, 0.25) is 0 Å². The smallest absolute Gasteiger partial charge is 0.0109 e. The van der Waals surface area contributed by atoms with Gasteiger partial charge in [0, 0.05) is 19.6 Å². The van der Waals surface area contributed by atoms with Crippen molar-refractivity contribution in [3.63, 3.8) is 0 Å². The standard InChI is InChI=1S/C17H38N2S/c1-17(2)16-19(14-13-18(3)4)12-10-8-6-5-7-9-11-15-20/h17,20H,5-16H2,1-4H3. The highest BCUT2D eigenvalue weighted by Crippen LogP contribution is 2.09. The van der Waals surface area contributed by atoms with Gasteiger partial charge >= 0.3 is 0 Å². The van der Waals surface area contributed by atoms with Crippen LogP contribution in [0.25, 0.3) is 0 Å². The van der Waals surface area contributed by atoms with E-state index in [0.29, 0.717) is 0 Å². The normalized spacial score (nSPS) is 12.0. The summed E-state index contributed by atoms with van der Waals surface area (Å²) in [6.07, 6.45) is 9.65. The summed E-state index contributed by atoms with van der Waals surface area (Å²) in [6.45, 7) is 9.57. The molecule has 2 nitrogen and oxygen atoms in total. The molecule has 0 aliphatic heterocycles. The predicted molar refractivity (Wildman–Crippen MR) is 96.0 cm³/mol. The highest BCUT2D eigenvalue weighted by molar-refractivity contribution is 7.80. The van der Waals surface area contributed by atoms with Crippen LogP contribution in [0.3, 0.4) is 0 Å². The molecule has 0 spiro atoms. The first-order valence-corrected chi connectivity index (χ1v) is 9.17. The molecule has 0 aromatic rings. The molecule has 0 bridgehead atoms. The second-order valence-electron chi connectivity index (χ2n) is 6.70. The number of thiol groups is 1. The highest BCUT2D eigenvalue weighted by Gasteiger charge is 2.07. The van der Waals surface area contributed by atoms with E-state index >= 15 is 0 Å². The molecule has 0 amide bonds. The Balaban J connectivity index is 3.57. The SMILES string of the molecule is CC(C)CN(CCCCCCCCCS)CCN(C)C. The lowest BCUT2D eigenvalue weighted by atomic mass is 10.1. The first-order chi connectivity index (χ1) is 9.56. The maximum atomic E-state index is 4.25. The predicted octanol–water partition coefficient (Wildman–Crippen LogP) is 4.17. The fourth-order valence-electron chi connectivity index (χ4n) is 2.48. The molecule has 0 aliphatic rings. The van der Waals surface area contributed by atoms with Gasteiger partial charge in [0.05, 0.1) is 0 Å². The molecule has 0 N–H and O–H groups in total. The summed E-state index contributed by atoms with van der Waals surface area (Å²) in [5.41, 5.74) is 0. The average molecular weight is 303 g/mol. The topological polar surface area (TPSA) is 6.48 Å². The third-order valence-corrected chi connectivity index (χ3v) is 3.94. The molecule has 0 aromatic carbocycles. The lowest BCUT2D eigenvalue weighted by Gasteiger charge is -2.25. The van der Waals surface area contributed by atoms with E-state index in [2.05, 4.69) is 50.4 Å². The Hall–Kier alpha value is 0.270. The number of likely N-dealkylation sites (N-methyl/N-ethyl adjacent to an activating group) is 1. The van der Waals surface area contributed by atoms with Gasteiger partial charge in [-0.25, -0.2) is 0 Å². The van der Waals surface area contributed by atoms with Crippen molar-refractivity contribution in [1.29, 1.82) is 0 Å². The van der Waals surface area contributed by atoms with E-state index in [9.17, 15) is 0 Å². The maximum Gasteiger partial charge on any atom is 0.0109 e. The van der Waals surface area contributed by atoms with Crippen molar-refractivity contribution in [3.8, 4) is 0 Å². The number of hydrogen-bond donors (Lipinski definition) is 1. The summed E-state index contributed by atoms with van der Waals surface area (Å²) in [5, 5.41) is 0. The van der Waals surface area contributed by atoms with Crippen LogP contribution in [0, 0.1) is 5.92 Å². The lowest BCUT2D eigenvalue weighted by molar-refractivity contribution is 0.215. The van der Waals surface area contributed by atoms with Crippen LogP contribution in [0.5, 0.6) is 0 Å². The quantitative estimate of drug-likeness (QED) is 0.380. The van der Waals surface area contributed by atoms with Gasteiger partial charge in [-0.2, -0.15) is 12.6 Å². The molecular formula is C17H38N2S. The van der Waals surface area contributed by atoms with Gasteiger partial charge in [-0.15, -0.1) is 0 Å². The van der Waals surface area contributed by atoms with Gasteiger partial charge in [-0.05, 0) is 45.2 Å². The van der Waals surface area contributed by atoms with E-state index in [4.69, 9.17) is 0 Å². The Kier molecular flexibility index (Phi) is 14.4. The fraction of sp³-hybridized carbons (Fsp3) is 1.00. The van der Waals surface area contributed by atoms with E-state index in [-0.39, 0.29) is 0 Å². The second kappa shape index (κ2) is 14.2. The molecule has 0 fully saturated rings. The van der Waals surface area contributed by atoms with Gasteiger partial charge < -0.3 is 9.80 Å². The van der Waals surface area contributed by atoms with Crippen molar-refractivity contribution in [1.82, 2.24) is 9.80 Å². The molecule has 122 valence electrons. The first kappa shape index (κ1) is 20.3. The van der Waals surface area contributed by atoms with Crippen LogP contribution in [0.4, 0.5) is 0 Å². The third-order valence-electron chi connectivity index (χ3n) is 3.62. The summed E-state index contributed by atoms with van der Waals surface area (Å²) in [7, 11) is 4.33. The molecule has 0 rings (SSSR count). The van der Waals surface area contributed by atoms with Gasteiger partial charge in [0.15, 0.2) is 0 Å². The second-order valence-corrected chi connectivity index (χ2v) is 7.14. The van der Waals surface area contributed by atoms with Crippen molar-refractivity contribution in [2.45, 2.75) is 58.8 Å². The van der Waals surface area contributed by atoms with Crippen LogP contribution in [0.1, 0.15) is 58.8 Å². The van der Waals surface area contributed by atoms with E-state index in [1.807, 2.05) is 0 Å². The summed E-state index contributed by atoms with van der Waals surface area (Å²) in [6, 6.07) is 0. The minimum Gasteiger partial charge on any atom is -0.308 e. The van der Waals surface area contributed by atoms with Crippen molar-refractivity contribution < 1.29 is 0 Å².